The Morgan fingerprint density at radius 1 is 1.33 bits per heavy atom. The zero-order valence-electron chi connectivity index (χ0n) is 9.85. The van der Waals surface area contributed by atoms with Gasteiger partial charge in [-0.2, -0.15) is 0 Å². The molecular formula is C13H13FNO3+. The van der Waals surface area contributed by atoms with E-state index in [0.717, 1.165) is 5.56 Å². The van der Waals surface area contributed by atoms with Crippen molar-refractivity contribution >= 4 is 5.97 Å². The molecule has 1 aromatic rings. The second-order valence-electron chi connectivity index (χ2n) is 3.64. The molecule has 0 aliphatic rings. The van der Waals surface area contributed by atoms with E-state index in [2.05, 4.69) is 10.9 Å². The summed E-state index contributed by atoms with van der Waals surface area (Å²) in [5, 5.41) is 17.8. The maximum atomic E-state index is 12.6. The zero-order chi connectivity index (χ0) is 13.5. The SMILES string of the molecule is CC(O)=C(C#[N+]CCc1ccc(F)cc1)C(=O)O. The van der Waals surface area contributed by atoms with Gasteiger partial charge in [-0.3, -0.25) is 0 Å². The Kier molecular flexibility index (Phi) is 4.88. The van der Waals surface area contributed by atoms with Gasteiger partial charge < -0.3 is 10.2 Å². The molecule has 0 radical (unpaired) electrons. The quantitative estimate of drug-likeness (QED) is 0.492. The highest BCUT2D eigenvalue weighted by molar-refractivity contribution is 5.91. The molecule has 0 saturated carbocycles. The van der Waals surface area contributed by atoms with E-state index in [9.17, 15) is 9.18 Å². The Morgan fingerprint density at radius 3 is 2.44 bits per heavy atom. The van der Waals surface area contributed by atoms with E-state index in [1.54, 1.807) is 12.1 Å². The maximum Gasteiger partial charge on any atom is 0.354 e. The Bertz CT molecular complexity index is 519. The summed E-state index contributed by atoms with van der Waals surface area (Å²) >= 11 is 0. The topological polar surface area (TPSA) is 61.9 Å². The number of hydrogen-bond acceptors (Lipinski definition) is 2. The first-order chi connectivity index (χ1) is 8.50. The summed E-state index contributed by atoms with van der Waals surface area (Å²) < 4.78 is 12.6. The van der Waals surface area contributed by atoms with E-state index >= 15 is 0 Å². The second kappa shape index (κ2) is 6.40. The Hall–Kier alpha value is -2.35. The number of carboxylic acid groups (broad SMARTS) is 1. The van der Waals surface area contributed by atoms with E-state index in [0.29, 0.717) is 13.0 Å². The molecule has 0 aromatic heterocycles. The third-order valence-corrected chi connectivity index (χ3v) is 2.19. The maximum absolute atomic E-state index is 12.6. The van der Waals surface area contributed by atoms with Crippen molar-refractivity contribution in [2.24, 2.45) is 0 Å². The van der Waals surface area contributed by atoms with Crippen molar-refractivity contribution in [3.63, 3.8) is 0 Å². The van der Waals surface area contributed by atoms with Crippen LogP contribution in [0, 0.1) is 11.9 Å². The number of carbonyl (C=O) groups is 1. The molecule has 0 unspecified atom stereocenters. The Morgan fingerprint density at radius 2 is 1.94 bits per heavy atom. The lowest BCUT2D eigenvalue weighted by Crippen LogP contribution is -2.01. The molecule has 4 nitrogen and oxygen atoms in total. The summed E-state index contributed by atoms with van der Waals surface area (Å²) in [7, 11) is 0. The monoisotopic (exact) mass is 250 g/mol. The highest BCUT2D eigenvalue weighted by Gasteiger charge is 2.14. The Balaban J connectivity index is 2.60. The van der Waals surface area contributed by atoms with Crippen molar-refractivity contribution < 1.29 is 19.4 Å². The fourth-order valence-corrected chi connectivity index (χ4v) is 1.25. The average Bonchev–Trinajstić information content (AvgIpc) is 2.30. The molecule has 0 saturated heterocycles. The minimum Gasteiger partial charge on any atom is -0.511 e. The molecule has 2 N–H and O–H groups in total. The number of aliphatic carboxylic acids is 1. The van der Waals surface area contributed by atoms with E-state index in [-0.39, 0.29) is 17.1 Å². The summed E-state index contributed by atoms with van der Waals surface area (Å²) in [6, 6.07) is 8.25. The highest BCUT2D eigenvalue weighted by Crippen LogP contribution is 2.04. The van der Waals surface area contributed by atoms with Gasteiger partial charge in [0.05, 0.1) is 0 Å². The molecular weight excluding hydrogens is 237 g/mol. The van der Waals surface area contributed by atoms with Crippen LogP contribution in [0.15, 0.2) is 35.6 Å². The number of nitrogens with zero attached hydrogens (tertiary/aromatic N) is 1. The van der Waals surface area contributed by atoms with Crippen LogP contribution >= 0.6 is 0 Å². The van der Waals surface area contributed by atoms with Crippen LogP contribution in [-0.2, 0) is 11.2 Å². The number of carboxylic acids is 1. The summed E-state index contributed by atoms with van der Waals surface area (Å²) in [5.41, 5.74) is 0.539. The smallest absolute Gasteiger partial charge is 0.354 e. The van der Waals surface area contributed by atoms with Gasteiger partial charge in [-0.15, -0.1) is 0 Å². The summed E-state index contributed by atoms with van der Waals surface area (Å²) in [5.74, 6) is -1.92. The highest BCUT2D eigenvalue weighted by atomic mass is 19.1. The van der Waals surface area contributed by atoms with Crippen molar-refractivity contribution in [2.45, 2.75) is 13.3 Å². The van der Waals surface area contributed by atoms with Gasteiger partial charge in [-0.25, -0.2) is 9.18 Å². The normalized spacial score (nSPS) is 11.2. The van der Waals surface area contributed by atoms with Gasteiger partial charge in [0.15, 0.2) is 0 Å². The van der Waals surface area contributed by atoms with Crippen molar-refractivity contribution in [2.75, 3.05) is 6.54 Å². The molecule has 0 aliphatic carbocycles. The first-order valence-corrected chi connectivity index (χ1v) is 5.31. The number of hydrogen-bond donors (Lipinski definition) is 2. The summed E-state index contributed by atoms with van der Waals surface area (Å²) in [6.45, 7) is 1.57. The van der Waals surface area contributed by atoms with E-state index < -0.39 is 5.97 Å². The number of aliphatic hydroxyl groups excluding tert-OH is 1. The third kappa shape index (κ3) is 4.26. The van der Waals surface area contributed by atoms with Crippen molar-refractivity contribution in [1.82, 2.24) is 0 Å². The van der Waals surface area contributed by atoms with Crippen LogP contribution in [0.4, 0.5) is 4.39 Å². The largest absolute Gasteiger partial charge is 0.511 e. The molecule has 1 rings (SSSR count). The summed E-state index contributed by atoms with van der Waals surface area (Å²) in [4.78, 5) is 14.5. The molecule has 0 aliphatic heterocycles. The number of benzene rings is 1. The van der Waals surface area contributed by atoms with Crippen LogP contribution in [0.1, 0.15) is 12.5 Å². The van der Waals surface area contributed by atoms with Gasteiger partial charge >= 0.3 is 12.0 Å². The lowest BCUT2D eigenvalue weighted by atomic mass is 10.1. The minimum absolute atomic E-state index is 0.305. The van der Waals surface area contributed by atoms with Crippen LogP contribution in [0.2, 0.25) is 0 Å². The van der Waals surface area contributed by atoms with E-state index in [1.165, 1.54) is 19.1 Å². The first-order valence-electron chi connectivity index (χ1n) is 5.31. The molecule has 0 amide bonds. The fourth-order valence-electron chi connectivity index (χ4n) is 1.25. The van der Waals surface area contributed by atoms with Crippen LogP contribution in [0.5, 0.6) is 0 Å². The number of allylic oxidation sites excluding steroid dienone is 1. The fraction of sp³-hybridized carbons (Fsp3) is 0.231. The average molecular weight is 250 g/mol. The minimum atomic E-state index is -1.28. The molecule has 0 fully saturated rings. The number of halogens is 1. The molecule has 0 heterocycles. The van der Waals surface area contributed by atoms with Crippen molar-refractivity contribution in [1.29, 1.82) is 0 Å². The van der Waals surface area contributed by atoms with Gasteiger partial charge in [0.1, 0.15) is 11.6 Å². The predicted octanol–water partition coefficient (Wildman–Crippen LogP) is 2.62. The number of aliphatic hydroxyl groups is 1. The van der Waals surface area contributed by atoms with Crippen LogP contribution in [-0.4, -0.2) is 22.7 Å². The lowest BCUT2D eigenvalue weighted by molar-refractivity contribution is -0.132. The van der Waals surface area contributed by atoms with Gasteiger partial charge in [0, 0.05) is 6.42 Å². The van der Waals surface area contributed by atoms with Gasteiger partial charge in [-0.05, 0) is 24.6 Å². The third-order valence-electron chi connectivity index (χ3n) is 2.19. The van der Waals surface area contributed by atoms with Gasteiger partial charge in [-0.1, -0.05) is 17.0 Å². The lowest BCUT2D eigenvalue weighted by Gasteiger charge is -1.92. The Labute approximate surface area is 104 Å². The van der Waals surface area contributed by atoms with E-state index in [1.807, 2.05) is 0 Å². The number of rotatable bonds is 3. The molecule has 18 heavy (non-hydrogen) atoms. The van der Waals surface area contributed by atoms with Crippen LogP contribution in [0.25, 0.3) is 4.85 Å². The molecule has 1 aromatic carbocycles. The first kappa shape index (κ1) is 13.7. The van der Waals surface area contributed by atoms with Crippen LogP contribution < -0.4 is 0 Å². The van der Waals surface area contributed by atoms with Gasteiger partial charge in [0.2, 0.25) is 5.57 Å². The summed E-state index contributed by atoms with van der Waals surface area (Å²) in [6.07, 6.45) is 0.546. The van der Waals surface area contributed by atoms with Crippen molar-refractivity contribution in [3.8, 4) is 6.07 Å². The molecule has 0 atom stereocenters. The molecule has 0 spiro atoms. The standard InChI is InChI=1S/C13H12FNO3/c1-9(16)12(13(17)18)8-15-7-6-10-2-4-11(14)5-3-10/h2-5H,6-7H2,1H3,(H,17,18)/p+1. The molecule has 0 bridgehead atoms. The molecule has 5 heteroatoms. The van der Waals surface area contributed by atoms with E-state index in [4.69, 9.17) is 10.2 Å². The predicted molar refractivity (Wildman–Crippen MR) is 65.2 cm³/mol. The second-order valence-corrected chi connectivity index (χ2v) is 3.64. The van der Waals surface area contributed by atoms with Crippen molar-refractivity contribution in [3.05, 3.63) is 51.8 Å². The zero-order valence-corrected chi connectivity index (χ0v) is 9.85. The van der Waals surface area contributed by atoms with Crippen LogP contribution in [0.3, 0.4) is 0 Å². The molecule has 94 valence electrons. The van der Waals surface area contributed by atoms with Gasteiger partial charge in [0.25, 0.3) is 6.54 Å².